The fraction of sp³-hybridized carbons (Fsp3) is 0.842. The molecule has 0 unspecified atom stereocenters. The van der Waals surface area contributed by atoms with E-state index in [1.165, 1.54) is 193 Å². The van der Waals surface area contributed by atoms with Gasteiger partial charge in [0.25, 0.3) is 0 Å². The molecule has 3 N–H and O–H groups in total. The number of aromatic carboxylic acids is 3. The molecule has 0 saturated carbocycles. The molecule has 0 bridgehead atoms. The topological polar surface area (TPSA) is 112 Å². The Bertz CT molecular complexity index is 1270. The van der Waals surface area contributed by atoms with Gasteiger partial charge in [-0.3, -0.25) is 0 Å². The Morgan fingerprint density at radius 3 is 0.603 bits per heavy atom. The maximum atomic E-state index is 13.2. The van der Waals surface area contributed by atoms with Gasteiger partial charge in [-0.05, 0) is 55.2 Å². The van der Waals surface area contributed by atoms with E-state index in [1.807, 2.05) is 0 Å². The van der Waals surface area contributed by atoms with E-state index in [0.717, 1.165) is 70.6 Å². The zero-order chi connectivity index (χ0) is 46.0. The number of benzene rings is 1. The molecular weight excluding hydrogens is 781 g/mol. The molecule has 1 aromatic rings. The number of carbonyl (C=O) groups is 3. The van der Waals surface area contributed by atoms with Crippen molar-refractivity contribution in [2.45, 2.75) is 310 Å². The smallest absolute Gasteiger partial charge is 0.336 e. The lowest BCUT2D eigenvalue weighted by Gasteiger charge is -2.22. The van der Waals surface area contributed by atoms with Crippen molar-refractivity contribution in [2.75, 3.05) is 0 Å². The number of carboxylic acid groups (broad SMARTS) is 3. The molecule has 0 heterocycles. The van der Waals surface area contributed by atoms with Crippen molar-refractivity contribution in [3.63, 3.8) is 0 Å². The van der Waals surface area contributed by atoms with Gasteiger partial charge in [-0.25, -0.2) is 14.4 Å². The summed E-state index contributed by atoms with van der Waals surface area (Å²) < 4.78 is 0. The highest BCUT2D eigenvalue weighted by molar-refractivity contribution is 6.07. The zero-order valence-corrected chi connectivity index (χ0v) is 41.9. The predicted octanol–water partition coefficient (Wildman–Crippen LogP) is 18.9. The molecule has 0 atom stereocenters. The van der Waals surface area contributed by atoms with Crippen LogP contribution in [0.5, 0.6) is 0 Å². The fourth-order valence-corrected chi connectivity index (χ4v) is 9.93. The third kappa shape index (κ3) is 29.7. The van der Waals surface area contributed by atoms with Gasteiger partial charge in [0, 0.05) is 0 Å². The van der Waals surface area contributed by atoms with Crippen molar-refractivity contribution in [1.29, 1.82) is 0 Å². The summed E-state index contributed by atoms with van der Waals surface area (Å²) >= 11 is 0. The van der Waals surface area contributed by atoms with Crippen molar-refractivity contribution < 1.29 is 29.7 Å². The monoisotopic (exact) mass is 883 g/mol. The summed E-state index contributed by atoms with van der Waals surface area (Å²) in [4.78, 5) is 39.3. The molecule has 0 radical (unpaired) electrons. The molecule has 1 rings (SSSR count). The Hall–Kier alpha value is -2.37. The first-order valence-corrected chi connectivity index (χ1v) is 27.7. The van der Waals surface area contributed by atoms with Crippen LogP contribution >= 0.6 is 0 Å². The summed E-state index contributed by atoms with van der Waals surface area (Å²) in [5.74, 6) is -3.67. The third-order valence-corrected chi connectivity index (χ3v) is 13.8. The summed E-state index contributed by atoms with van der Waals surface area (Å²) in [5.41, 5.74) is 0.954. The van der Waals surface area contributed by atoms with Gasteiger partial charge < -0.3 is 15.3 Å². The van der Waals surface area contributed by atoms with Crippen LogP contribution < -0.4 is 0 Å². The van der Waals surface area contributed by atoms with Crippen molar-refractivity contribution >= 4 is 17.9 Å². The van der Waals surface area contributed by atoms with Crippen molar-refractivity contribution in [1.82, 2.24) is 0 Å². The van der Waals surface area contributed by atoms with Gasteiger partial charge >= 0.3 is 17.9 Å². The highest BCUT2D eigenvalue weighted by atomic mass is 16.4. The zero-order valence-electron chi connectivity index (χ0n) is 41.9. The van der Waals surface area contributed by atoms with Crippen LogP contribution in [0.4, 0.5) is 0 Å². The van der Waals surface area contributed by atoms with Crippen LogP contribution in [0.3, 0.4) is 0 Å². The highest BCUT2D eigenvalue weighted by Crippen LogP contribution is 2.34. The van der Waals surface area contributed by atoms with Gasteiger partial charge in [0.2, 0.25) is 0 Å². The molecule has 0 fully saturated rings. The first-order valence-electron chi connectivity index (χ1n) is 27.7. The molecule has 0 aromatic heterocycles. The van der Waals surface area contributed by atoms with E-state index in [-0.39, 0.29) is 28.7 Å². The van der Waals surface area contributed by atoms with Gasteiger partial charge in [-0.2, -0.15) is 0 Å². The Balaban J connectivity index is 2.92. The Morgan fingerprint density at radius 1 is 0.238 bits per heavy atom. The maximum absolute atomic E-state index is 13.2. The minimum absolute atomic E-state index is 0.0853. The number of rotatable bonds is 48. The molecular formula is C57H102O6. The minimum atomic E-state index is -1.32. The molecule has 0 aliphatic heterocycles. The predicted molar refractivity (Wildman–Crippen MR) is 269 cm³/mol. The van der Waals surface area contributed by atoms with Gasteiger partial charge in [-0.15, -0.1) is 0 Å². The van der Waals surface area contributed by atoms with Crippen LogP contribution in [-0.4, -0.2) is 33.2 Å². The molecule has 366 valence electrons. The number of unbranched alkanes of at least 4 members (excludes halogenated alkanes) is 39. The van der Waals surface area contributed by atoms with Crippen LogP contribution in [0.1, 0.15) is 338 Å². The summed E-state index contributed by atoms with van der Waals surface area (Å²) in [7, 11) is 0. The van der Waals surface area contributed by atoms with Crippen molar-refractivity contribution in [3.05, 3.63) is 33.4 Å². The summed E-state index contributed by atoms with van der Waals surface area (Å²) in [5, 5.41) is 32.0. The molecule has 6 nitrogen and oxygen atoms in total. The van der Waals surface area contributed by atoms with Gasteiger partial charge in [0.1, 0.15) is 0 Å². The normalized spacial score (nSPS) is 11.5. The first-order chi connectivity index (χ1) is 30.8. The van der Waals surface area contributed by atoms with Crippen molar-refractivity contribution in [2.24, 2.45) is 0 Å². The lowest BCUT2D eigenvalue weighted by atomic mass is 9.80. The van der Waals surface area contributed by atoms with Crippen LogP contribution in [0.25, 0.3) is 0 Å². The lowest BCUT2D eigenvalue weighted by Crippen LogP contribution is -2.22. The molecule has 6 heteroatoms. The van der Waals surface area contributed by atoms with Crippen LogP contribution in [0, 0.1) is 0 Å². The molecule has 0 aliphatic carbocycles. The third-order valence-electron chi connectivity index (χ3n) is 13.8. The number of hydrogen-bond donors (Lipinski definition) is 3. The average molecular weight is 883 g/mol. The van der Waals surface area contributed by atoms with Crippen LogP contribution in [0.2, 0.25) is 0 Å². The van der Waals surface area contributed by atoms with Crippen molar-refractivity contribution in [3.8, 4) is 0 Å². The first kappa shape index (κ1) is 58.6. The van der Waals surface area contributed by atoms with E-state index >= 15 is 0 Å². The standard InChI is InChI=1S/C57H102O6/c1-4-7-10-13-16-19-22-25-28-31-34-37-40-43-46-49-50(47-44-41-38-35-32-29-26-23-20-17-14-11-8-5-2)53(56(60)61)54(57(62)63)51(52(49)55(58)59)48-45-42-39-36-33-30-27-24-21-18-15-12-9-6-3/h4-48H2,1-3H3,(H,58,59)(H,60,61)(H,62,63). The Labute approximate surface area is 389 Å². The SMILES string of the molecule is CCCCCCCCCCCCCCCCc1c(CCCCCCCCCCCCCCCC)c(C(=O)O)c(C(=O)O)c(CCCCCCCCCCCCCCCC)c1C(=O)O. The largest absolute Gasteiger partial charge is 0.478 e. The minimum Gasteiger partial charge on any atom is -0.478 e. The van der Waals surface area contributed by atoms with Gasteiger partial charge in [0.15, 0.2) is 0 Å². The van der Waals surface area contributed by atoms with Gasteiger partial charge in [0.05, 0.1) is 16.7 Å². The molecule has 63 heavy (non-hydrogen) atoms. The van der Waals surface area contributed by atoms with E-state index in [9.17, 15) is 29.7 Å². The van der Waals surface area contributed by atoms with Crippen LogP contribution in [0.15, 0.2) is 0 Å². The fourth-order valence-electron chi connectivity index (χ4n) is 9.93. The molecule has 1 aromatic carbocycles. The molecule has 0 spiro atoms. The average Bonchev–Trinajstić information content (AvgIpc) is 3.26. The second-order valence-electron chi connectivity index (χ2n) is 19.5. The van der Waals surface area contributed by atoms with Gasteiger partial charge in [-0.1, -0.05) is 271 Å². The van der Waals surface area contributed by atoms with E-state index in [1.54, 1.807) is 0 Å². The number of carboxylic acids is 3. The molecule has 0 aliphatic rings. The summed E-state index contributed by atoms with van der Waals surface area (Å²) in [6, 6.07) is 0. The number of hydrogen-bond acceptors (Lipinski definition) is 3. The quantitative estimate of drug-likeness (QED) is 0.0562. The Kier molecular flexibility index (Phi) is 39.4. The van der Waals surface area contributed by atoms with E-state index in [0.29, 0.717) is 30.4 Å². The maximum Gasteiger partial charge on any atom is 0.336 e. The molecule has 0 amide bonds. The Morgan fingerprint density at radius 2 is 0.397 bits per heavy atom. The van der Waals surface area contributed by atoms with E-state index < -0.39 is 17.9 Å². The van der Waals surface area contributed by atoms with Crippen LogP contribution in [-0.2, 0) is 19.3 Å². The second kappa shape index (κ2) is 42.3. The molecule has 0 saturated heterocycles. The summed E-state index contributed by atoms with van der Waals surface area (Å²) in [6.07, 6.45) is 52.1. The highest BCUT2D eigenvalue weighted by Gasteiger charge is 2.32. The summed E-state index contributed by atoms with van der Waals surface area (Å²) in [6.45, 7) is 6.78. The lowest BCUT2D eigenvalue weighted by molar-refractivity contribution is 0.0646. The van der Waals surface area contributed by atoms with E-state index in [4.69, 9.17) is 0 Å². The van der Waals surface area contributed by atoms with E-state index in [2.05, 4.69) is 20.8 Å². The second-order valence-corrected chi connectivity index (χ2v) is 19.5.